The van der Waals surface area contributed by atoms with Crippen LogP contribution < -0.4 is 10.6 Å². The van der Waals surface area contributed by atoms with E-state index in [0.29, 0.717) is 5.75 Å². The standard InChI is InChI=1S/C18H28N2O7S/c1-10(21)13(20-17(26)27-18(2,3)4)6-5-12(22)7-11-8-28-9-14(16(24)25)19-15(11)23/h11,13-14H,5-9H2,1-4H3,(H,19,23)(H,20,26)(H,24,25)/t11-,13-,14?/m0/s1. The first-order chi connectivity index (χ1) is 12.9. The lowest BCUT2D eigenvalue weighted by atomic mass is 9.98. The monoisotopic (exact) mass is 416 g/mol. The van der Waals surface area contributed by atoms with Crippen molar-refractivity contribution in [3.63, 3.8) is 0 Å². The van der Waals surface area contributed by atoms with E-state index < -0.39 is 41.6 Å². The average Bonchev–Trinajstić information content (AvgIpc) is 2.71. The summed E-state index contributed by atoms with van der Waals surface area (Å²) in [7, 11) is 0. The molecule has 3 N–H and O–H groups in total. The summed E-state index contributed by atoms with van der Waals surface area (Å²) in [5, 5.41) is 13.9. The Bertz CT molecular complexity index is 630. The maximum absolute atomic E-state index is 12.3. The summed E-state index contributed by atoms with van der Waals surface area (Å²) in [5.74, 6) is -2.11. The minimum atomic E-state index is -1.11. The highest BCUT2D eigenvalue weighted by atomic mass is 32.2. The van der Waals surface area contributed by atoms with Crippen molar-refractivity contribution in [2.75, 3.05) is 11.5 Å². The molecule has 10 heteroatoms. The molecule has 1 fully saturated rings. The lowest BCUT2D eigenvalue weighted by molar-refractivity contribution is -0.141. The molecule has 0 aromatic heterocycles. The highest BCUT2D eigenvalue weighted by Gasteiger charge is 2.31. The molecule has 3 atom stereocenters. The number of carbonyl (C=O) groups excluding carboxylic acids is 4. The largest absolute Gasteiger partial charge is 0.480 e. The molecule has 1 rings (SSSR count). The number of ether oxygens (including phenoxy) is 1. The molecular weight excluding hydrogens is 388 g/mol. The van der Waals surface area contributed by atoms with Crippen LogP contribution in [-0.4, -0.2) is 63.8 Å². The Labute approximate surface area is 168 Å². The van der Waals surface area contributed by atoms with E-state index in [9.17, 15) is 24.0 Å². The lowest BCUT2D eigenvalue weighted by Crippen LogP contribution is -2.44. The first-order valence-electron chi connectivity index (χ1n) is 9.01. The van der Waals surface area contributed by atoms with Gasteiger partial charge in [0.15, 0.2) is 5.78 Å². The average molecular weight is 416 g/mol. The summed E-state index contributed by atoms with van der Waals surface area (Å²) in [6.45, 7) is 6.41. The number of amides is 2. The number of hydrogen-bond acceptors (Lipinski definition) is 7. The van der Waals surface area contributed by atoms with Crippen molar-refractivity contribution in [1.82, 2.24) is 10.6 Å². The summed E-state index contributed by atoms with van der Waals surface area (Å²) in [6, 6.07) is -1.81. The van der Waals surface area contributed by atoms with Gasteiger partial charge in [-0.25, -0.2) is 9.59 Å². The van der Waals surface area contributed by atoms with Crippen molar-refractivity contribution < 1.29 is 33.8 Å². The smallest absolute Gasteiger partial charge is 0.408 e. The maximum Gasteiger partial charge on any atom is 0.408 e. The Morgan fingerprint density at radius 3 is 2.46 bits per heavy atom. The first kappa shape index (κ1) is 23.9. The number of hydrogen-bond donors (Lipinski definition) is 3. The van der Waals surface area contributed by atoms with Crippen LogP contribution in [0.3, 0.4) is 0 Å². The quantitative estimate of drug-likeness (QED) is 0.535. The van der Waals surface area contributed by atoms with Crippen LogP contribution in [0.2, 0.25) is 0 Å². The van der Waals surface area contributed by atoms with Gasteiger partial charge in [-0.15, -0.1) is 0 Å². The zero-order valence-corrected chi connectivity index (χ0v) is 17.4. The Kier molecular flexibility index (Phi) is 8.93. The number of Topliss-reactive ketones (excluding diaryl/α,β-unsaturated/α-hetero) is 2. The highest BCUT2D eigenvalue weighted by molar-refractivity contribution is 7.99. The van der Waals surface area contributed by atoms with Gasteiger partial charge in [0.05, 0.1) is 12.0 Å². The number of carboxylic acid groups (broad SMARTS) is 1. The molecule has 1 saturated heterocycles. The molecule has 0 radical (unpaired) electrons. The van der Waals surface area contributed by atoms with E-state index in [1.165, 1.54) is 18.7 Å². The van der Waals surface area contributed by atoms with Crippen LogP contribution in [0, 0.1) is 5.92 Å². The normalized spacial score (nSPS) is 21.1. The van der Waals surface area contributed by atoms with E-state index >= 15 is 0 Å². The second kappa shape index (κ2) is 10.4. The third kappa shape index (κ3) is 8.73. The molecule has 1 aliphatic rings. The van der Waals surface area contributed by atoms with E-state index in [4.69, 9.17) is 9.84 Å². The summed E-state index contributed by atoms with van der Waals surface area (Å²) < 4.78 is 5.11. The molecule has 0 spiro atoms. The molecule has 0 bridgehead atoms. The predicted molar refractivity (Wildman–Crippen MR) is 103 cm³/mol. The Morgan fingerprint density at radius 1 is 1.29 bits per heavy atom. The number of rotatable bonds is 8. The van der Waals surface area contributed by atoms with Gasteiger partial charge in [-0.1, -0.05) is 0 Å². The van der Waals surface area contributed by atoms with Gasteiger partial charge in [0.2, 0.25) is 5.91 Å². The van der Waals surface area contributed by atoms with Gasteiger partial charge in [-0.05, 0) is 34.1 Å². The van der Waals surface area contributed by atoms with Gasteiger partial charge in [0.1, 0.15) is 17.4 Å². The van der Waals surface area contributed by atoms with Crippen molar-refractivity contribution in [2.45, 2.75) is 64.6 Å². The van der Waals surface area contributed by atoms with Gasteiger partial charge in [0, 0.05) is 24.3 Å². The number of aliphatic carboxylic acids is 1. The summed E-state index contributed by atoms with van der Waals surface area (Å²) in [6.07, 6.45) is -0.662. The molecule has 2 amide bonds. The molecule has 0 aliphatic carbocycles. The van der Waals surface area contributed by atoms with Crippen molar-refractivity contribution in [3.05, 3.63) is 0 Å². The topological polar surface area (TPSA) is 139 Å². The summed E-state index contributed by atoms with van der Waals surface area (Å²) >= 11 is 1.30. The SMILES string of the molecule is CC(=O)[C@H](CCC(=O)C[C@H]1CSCC(C(=O)O)NC1=O)NC(=O)OC(C)(C)C. The molecule has 1 heterocycles. The van der Waals surface area contributed by atoms with Crippen LogP contribution in [0.1, 0.15) is 47.0 Å². The van der Waals surface area contributed by atoms with E-state index in [1.54, 1.807) is 20.8 Å². The predicted octanol–water partition coefficient (Wildman–Crippen LogP) is 1.14. The van der Waals surface area contributed by atoms with Crippen LogP contribution in [-0.2, 0) is 23.9 Å². The maximum atomic E-state index is 12.3. The fourth-order valence-corrected chi connectivity index (χ4v) is 3.68. The summed E-state index contributed by atoms with van der Waals surface area (Å²) in [4.78, 5) is 59.0. The Hall–Kier alpha value is -2.10. The van der Waals surface area contributed by atoms with Crippen molar-refractivity contribution >= 4 is 41.3 Å². The van der Waals surface area contributed by atoms with Gasteiger partial charge in [-0.2, -0.15) is 11.8 Å². The molecule has 9 nitrogen and oxygen atoms in total. The van der Waals surface area contributed by atoms with Gasteiger partial charge >= 0.3 is 12.1 Å². The third-order valence-electron chi connectivity index (χ3n) is 3.96. The number of nitrogens with one attached hydrogen (secondary N) is 2. The molecule has 28 heavy (non-hydrogen) atoms. The van der Waals surface area contributed by atoms with Crippen molar-refractivity contribution in [3.8, 4) is 0 Å². The van der Waals surface area contributed by atoms with Crippen LogP contribution in [0.15, 0.2) is 0 Å². The summed E-state index contributed by atoms with van der Waals surface area (Å²) in [5.41, 5.74) is -0.709. The minimum absolute atomic E-state index is 0.0108. The van der Waals surface area contributed by atoms with Crippen LogP contribution in [0.5, 0.6) is 0 Å². The van der Waals surface area contributed by atoms with Gasteiger partial charge in [-0.3, -0.25) is 14.4 Å². The number of alkyl carbamates (subject to hydrolysis) is 1. The van der Waals surface area contributed by atoms with E-state index in [0.717, 1.165) is 0 Å². The van der Waals surface area contributed by atoms with Crippen LogP contribution in [0.25, 0.3) is 0 Å². The second-order valence-corrected chi connectivity index (χ2v) is 8.80. The fraction of sp³-hybridized carbons (Fsp3) is 0.722. The van der Waals surface area contributed by atoms with E-state index in [1.807, 2.05) is 0 Å². The number of carbonyl (C=O) groups is 5. The van der Waals surface area contributed by atoms with Crippen LogP contribution in [0.4, 0.5) is 4.79 Å². The van der Waals surface area contributed by atoms with Gasteiger partial charge in [0.25, 0.3) is 0 Å². The third-order valence-corrected chi connectivity index (χ3v) is 5.16. The Morgan fingerprint density at radius 2 is 1.93 bits per heavy atom. The molecule has 0 aromatic rings. The fourth-order valence-electron chi connectivity index (χ4n) is 2.53. The second-order valence-electron chi connectivity index (χ2n) is 7.72. The number of ketones is 2. The molecular formula is C18H28N2O7S. The van der Waals surface area contributed by atoms with Crippen LogP contribution >= 0.6 is 11.8 Å². The Balaban J connectivity index is 2.54. The van der Waals surface area contributed by atoms with E-state index in [-0.39, 0.29) is 36.6 Å². The molecule has 1 unspecified atom stereocenters. The van der Waals surface area contributed by atoms with Crippen molar-refractivity contribution in [2.24, 2.45) is 5.92 Å². The molecule has 0 saturated carbocycles. The highest BCUT2D eigenvalue weighted by Crippen LogP contribution is 2.20. The zero-order valence-electron chi connectivity index (χ0n) is 16.6. The molecule has 0 aromatic carbocycles. The van der Waals surface area contributed by atoms with E-state index in [2.05, 4.69) is 10.6 Å². The number of carboxylic acids is 1. The first-order valence-corrected chi connectivity index (χ1v) is 10.2. The minimum Gasteiger partial charge on any atom is -0.480 e. The van der Waals surface area contributed by atoms with Crippen molar-refractivity contribution in [1.29, 1.82) is 0 Å². The molecule has 158 valence electrons. The lowest BCUT2D eigenvalue weighted by Gasteiger charge is -2.22. The van der Waals surface area contributed by atoms with Gasteiger partial charge < -0.3 is 20.5 Å². The number of thioether (sulfide) groups is 1. The zero-order chi connectivity index (χ0) is 21.5. The molecule has 1 aliphatic heterocycles.